The Morgan fingerprint density at radius 2 is 1.95 bits per heavy atom. The van der Waals surface area contributed by atoms with Crippen LogP contribution in [0.4, 0.5) is 0 Å². The molecule has 0 aliphatic rings. The highest BCUT2D eigenvalue weighted by Gasteiger charge is 2.21. The highest BCUT2D eigenvalue weighted by atomic mass is 16.4. The van der Waals surface area contributed by atoms with Crippen LogP contribution in [0.15, 0.2) is 30.6 Å². The van der Waals surface area contributed by atoms with Gasteiger partial charge in [0, 0.05) is 11.1 Å². The Bertz CT molecular complexity index is 635. The molecule has 0 saturated heterocycles. The van der Waals surface area contributed by atoms with Crippen LogP contribution in [0.2, 0.25) is 0 Å². The van der Waals surface area contributed by atoms with Crippen molar-refractivity contribution in [1.29, 1.82) is 0 Å². The number of hydrogen-bond acceptors (Lipinski definition) is 4. The maximum atomic E-state index is 12.1. The standard InChI is InChI=1S/C15H18N4O3/c1-9(2)7-12(15(21)22)18-14(20)11-5-3-10(4-6-11)13-16-8-17-19-13/h3-6,8-9,12H,7H2,1-2H3,(H,18,20)(H,21,22)(H,16,17,19)/t12-/m0/s1. The number of nitrogens with one attached hydrogen (secondary N) is 2. The summed E-state index contributed by atoms with van der Waals surface area (Å²) >= 11 is 0. The summed E-state index contributed by atoms with van der Waals surface area (Å²) in [7, 11) is 0. The van der Waals surface area contributed by atoms with Crippen LogP contribution < -0.4 is 5.32 Å². The van der Waals surface area contributed by atoms with E-state index in [1.54, 1.807) is 24.3 Å². The van der Waals surface area contributed by atoms with E-state index in [0.29, 0.717) is 17.8 Å². The second-order valence-electron chi connectivity index (χ2n) is 5.41. The van der Waals surface area contributed by atoms with Crippen molar-refractivity contribution in [2.45, 2.75) is 26.3 Å². The van der Waals surface area contributed by atoms with Gasteiger partial charge in [0.05, 0.1) is 0 Å². The van der Waals surface area contributed by atoms with Gasteiger partial charge in [0.2, 0.25) is 0 Å². The SMILES string of the molecule is CC(C)C[C@H](NC(=O)c1ccc(-c2ncn[nH]2)cc1)C(=O)O. The molecule has 0 aliphatic carbocycles. The van der Waals surface area contributed by atoms with E-state index >= 15 is 0 Å². The summed E-state index contributed by atoms with van der Waals surface area (Å²) in [6, 6.07) is 5.82. The molecule has 0 saturated carbocycles. The second-order valence-corrected chi connectivity index (χ2v) is 5.41. The van der Waals surface area contributed by atoms with Gasteiger partial charge in [-0.15, -0.1) is 0 Å². The van der Waals surface area contributed by atoms with Crippen molar-refractivity contribution in [1.82, 2.24) is 20.5 Å². The number of carbonyl (C=O) groups is 2. The zero-order valence-electron chi connectivity index (χ0n) is 12.4. The predicted octanol–water partition coefficient (Wildman–Crippen LogP) is 1.70. The average molecular weight is 302 g/mol. The predicted molar refractivity (Wildman–Crippen MR) is 80.2 cm³/mol. The van der Waals surface area contributed by atoms with E-state index in [1.807, 2.05) is 13.8 Å². The van der Waals surface area contributed by atoms with Gasteiger partial charge in [0.1, 0.15) is 12.4 Å². The van der Waals surface area contributed by atoms with Gasteiger partial charge in [-0.3, -0.25) is 9.89 Å². The summed E-state index contributed by atoms with van der Waals surface area (Å²) in [5.74, 6) is -0.650. The highest BCUT2D eigenvalue weighted by Crippen LogP contribution is 2.15. The molecule has 1 amide bonds. The quantitative estimate of drug-likeness (QED) is 0.752. The molecule has 7 heteroatoms. The number of benzene rings is 1. The average Bonchev–Trinajstić information content (AvgIpc) is 3.00. The first-order chi connectivity index (χ1) is 10.5. The molecule has 0 spiro atoms. The normalized spacial score (nSPS) is 12.1. The van der Waals surface area contributed by atoms with E-state index in [2.05, 4.69) is 20.5 Å². The van der Waals surface area contributed by atoms with Crippen LogP contribution in [0.3, 0.4) is 0 Å². The summed E-state index contributed by atoms with van der Waals surface area (Å²) < 4.78 is 0. The van der Waals surface area contributed by atoms with Gasteiger partial charge in [-0.2, -0.15) is 5.10 Å². The molecule has 0 fully saturated rings. The minimum absolute atomic E-state index is 0.176. The first kappa shape index (κ1) is 15.7. The lowest BCUT2D eigenvalue weighted by atomic mass is 10.0. The van der Waals surface area contributed by atoms with Crippen molar-refractivity contribution in [3.63, 3.8) is 0 Å². The van der Waals surface area contributed by atoms with Gasteiger partial charge in [-0.1, -0.05) is 26.0 Å². The second kappa shape index (κ2) is 6.84. The Morgan fingerprint density at radius 3 is 2.45 bits per heavy atom. The van der Waals surface area contributed by atoms with Gasteiger partial charge < -0.3 is 10.4 Å². The van der Waals surface area contributed by atoms with E-state index in [0.717, 1.165) is 5.56 Å². The van der Waals surface area contributed by atoms with Crippen molar-refractivity contribution in [2.24, 2.45) is 5.92 Å². The molecule has 116 valence electrons. The fourth-order valence-corrected chi connectivity index (χ4v) is 2.06. The molecular formula is C15H18N4O3. The molecule has 0 unspecified atom stereocenters. The lowest BCUT2D eigenvalue weighted by Crippen LogP contribution is -2.41. The number of hydrogen-bond donors (Lipinski definition) is 3. The van der Waals surface area contributed by atoms with E-state index < -0.39 is 17.9 Å². The molecule has 0 aliphatic heterocycles. The lowest BCUT2D eigenvalue weighted by molar-refractivity contribution is -0.139. The van der Waals surface area contributed by atoms with Crippen molar-refractivity contribution in [3.05, 3.63) is 36.2 Å². The van der Waals surface area contributed by atoms with Gasteiger partial charge in [-0.05, 0) is 24.5 Å². The molecule has 0 bridgehead atoms. The van der Waals surface area contributed by atoms with E-state index in [1.165, 1.54) is 6.33 Å². The van der Waals surface area contributed by atoms with Crippen LogP contribution in [0.25, 0.3) is 11.4 Å². The number of aliphatic carboxylic acids is 1. The van der Waals surface area contributed by atoms with Crippen molar-refractivity contribution in [3.8, 4) is 11.4 Å². The number of rotatable bonds is 6. The third-order valence-corrected chi connectivity index (χ3v) is 3.15. The number of aromatic amines is 1. The third-order valence-electron chi connectivity index (χ3n) is 3.15. The fourth-order valence-electron chi connectivity index (χ4n) is 2.06. The van der Waals surface area contributed by atoms with Gasteiger partial charge >= 0.3 is 5.97 Å². The molecule has 1 aromatic carbocycles. The number of aromatic nitrogens is 3. The third kappa shape index (κ3) is 3.91. The van der Waals surface area contributed by atoms with E-state index in [-0.39, 0.29) is 5.92 Å². The lowest BCUT2D eigenvalue weighted by Gasteiger charge is -2.16. The van der Waals surface area contributed by atoms with Crippen LogP contribution in [-0.4, -0.2) is 38.2 Å². The Balaban J connectivity index is 2.07. The molecular weight excluding hydrogens is 284 g/mol. The highest BCUT2D eigenvalue weighted by molar-refractivity contribution is 5.96. The largest absolute Gasteiger partial charge is 0.480 e. The monoisotopic (exact) mass is 302 g/mol. The zero-order chi connectivity index (χ0) is 16.1. The van der Waals surface area contributed by atoms with E-state index in [9.17, 15) is 9.59 Å². The number of carboxylic acid groups (broad SMARTS) is 1. The molecule has 2 aromatic rings. The molecule has 2 rings (SSSR count). The van der Waals surface area contributed by atoms with Gasteiger partial charge in [0.25, 0.3) is 5.91 Å². The van der Waals surface area contributed by atoms with Crippen LogP contribution >= 0.6 is 0 Å². The van der Waals surface area contributed by atoms with Gasteiger partial charge in [0.15, 0.2) is 5.82 Å². The van der Waals surface area contributed by atoms with Gasteiger partial charge in [-0.25, -0.2) is 9.78 Å². The maximum absolute atomic E-state index is 12.1. The number of H-pyrrole nitrogens is 1. The summed E-state index contributed by atoms with van der Waals surface area (Å²) in [5.41, 5.74) is 1.20. The molecule has 3 N–H and O–H groups in total. The number of amides is 1. The van der Waals surface area contributed by atoms with E-state index in [4.69, 9.17) is 5.11 Å². The fraction of sp³-hybridized carbons (Fsp3) is 0.333. The molecule has 0 radical (unpaired) electrons. The number of nitrogens with zero attached hydrogens (tertiary/aromatic N) is 2. The Morgan fingerprint density at radius 1 is 1.27 bits per heavy atom. The minimum atomic E-state index is -1.03. The van der Waals surface area contributed by atoms with Crippen molar-refractivity contribution >= 4 is 11.9 Å². The zero-order valence-corrected chi connectivity index (χ0v) is 12.4. The van der Waals surface area contributed by atoms with Crippen molar-refractivity contribution in [2.75, 3.05) is 0 Å². The Kier molecular flexibility index (Phi) is 4.88. The molecule has 1 aromatic heterocycles. The van der Waals surface area contributed by atoms with Crippen molar-refractivity contribution < 1.29 is 14.7 Å². The van der Waals surface area contributed by atoms with Crippen LogP contribution in [0, 0.1) is 5.92 Å². The number of carboxylic acids is 1. The Labute approximate surface area is 127 Å². The maximum Gasteiger partial charge on any atom is 0.326 e. The molecule has 7 nitrogen and oxygen atoms in total. The van der Waals surface area contributed by atoms with Crippen LogP contribution in [0.1, 0.15) is 30.6 Å². The smallest absolute Gasteiger partial charge is 0.326 e. The molecule has 22 heavy (non-hydrogen) atoms. The molecule has 1 atom stereocenters. The first-order valence-electron chi connectivity index (χ1n) is 6.97. The Hall–Kier alpha value is -2.70. The summed E-state index contributed by atoms with van der Waals surface area (Å²) in [4.78, 5) is 27.3. The topological polar surface area (TPSA) is 108 Å². The minimum Gasteiger partial charge on any atom is -0.480 e. The number of carbonyl (C=O) groups excluding carboxylic acids is 1. The van der Waals surface area contributed by atoms with Crippen LogP contribution in [-0.2, 0) is 4.79 Å². The summed E-state index contributed by atoms with van der Waals surface area (Å²) in [6.45, 7) is 3.82. The van der Waals surface area contributed by atoms with Crippen LogP contribution in [0.5, 0.6) is 0 Å². The molecule has 1 heterocycles. The summed E-state index contributed by atoms with van der Waals surface area (Å²) in [6.07, 6.45) is 1.79. The summed E-state index contributed by atoms with van der Waals surface area (Å²) in [5, 5.41) is 18.2. The first-order valence-corrected chi connectivity index (χ1v) is 6.97.